The molecule has 0 aliphatic rings. The molecule has 0 spiro atoms. The van der Waals surface area contributed by atoms with E-state index in [-0.39, 0.29) is 18.3 Å². The van der Waals surface area contributed by atoms with Crippen LogP contribution in [0.5, 0.6) is 0 Å². The first-order valence-corrected chi connectivity index (χ1v) is 30.7. The molecule has 394 valence electrons. The molecule has 11 heteroatoms. The number of ether oxygens (including phenoxy) is 2. The predicted molar refractivity (Wildman–Crippen MR) is 305 cm³/mol. The Balaban J connectivity index is 4.48. The maximum Gasteiger partial charge on any atom is 0.319 e. The van der Waals surface area contributed by atoms with Gasteiger partial charge in [-0.05, 0) is 25.2 Å². The molecular weight excluding hydrogens is 929 g/mol. The van der Waals surface area contributed by atoms with E-state index in [1.165, 1.54) is 199 Å². The van der Waals surface area contributed by atoms with Crippen LogP contribution < -0.4 is 0 Å². The zero-order valence-corrected chi connectivity index (χ0v) is 47.7. The van der Waals surface area contributed by atoms with E-state index >= 15 is 0 Å². The van der Waals surface area contributed by atoms with Crippen molar-refractivity contribution in [2.24, 2.45) is 11.8 Å². The molecule has 0 saturated carbocycles. The highest BCUT2D eigenvalue weighted by Gasteiger charge is 2.33. The van der Waals surface area contributed by atoms with E-state index < -0.39 is 26.8 Å². The van der Waals surface area contributed by atoms with E-state index in [1.807, 2.05) is 5.94 Å². The standard InChI is InChI=1S/C56H104O6S5/c1-3-5-7-9-11-12-13-14-15-16-17-18-19-25-32-38-44-62-56(60)54(67)53(66)50(49(46-57)45-52(58)65)42-36-30-24-20-22-28-34-40-48(39-33-27-10-8-6-4-2)41-35-29-23-21-26-31-37-43-61-55(59)51(64)47-63/h48,50-51,53-54,63-64,66-67H,3-45,47H2,1-2H3,(H,58,65). The van der Waals surface area contributed by atoms with Gasteiger partial charge in [0.15, 0.2) is 5.12 Å². The van der Waals surface area contributed by atoms with Gasteiger partial charge in [-0.3, -0.25) is 14.4 Å². The third-order valence-corrected chi connectivity index (χ3v) is 16.3. The molecule has 67 heavy (non-hydrogen) atoms. The second kappa shape index (κ2) is 50.7. The minimum absolute atomic E-state index is 0.0979. The summed E-state index contributed by atoms with van der Waals surface area (Å²) < 4.78 is 10.9. The summed E-state index contributed by atoms with van der Waals surface area (Å²) in [5, 5.41) is -2.18. The third-order valence-electron chi connectivity index (χ3n) is 13.7. The Morgan fingerprint density at radius 3 is 1.09 bits per heavy atom. The number of hydrogen-bond donors (Lipinski definition) is 5. The summed E-state index contributed by atoms with van der Waals surface area (Å²) in [6.45, 7) is 5.41. The van der Waals surface area contributed by atoms with Gasteiger partial charge >= 0.3 is 11.9 Å². The van der Waals surface area contributed by atoms with E-state index in [2.05, 4.69) is 64.4 Å². The van der Waals surface area contributed by atoms with Crippen molar-refractivity contribution >= 4 is 86.1 Å². The fourth-order valence-electron chi connectivity index (χ4n) is 9.31. The van der Waals surface area contributed by atoms with Crippen molar-refractivity contribution in [2.45, 2.75) is 293 Å². The van der Waals surface area contributed by atoms with Crippen molar-refractivity contribution in [2.75, 3.05) is 19.0 Å². The summed E-state index contributed by atoms with van der Waals surface area (Å²) in [5.41, 5.74) is 0.324. The average molecular weight is 1030 g/mol. The maximum absolute atomic E-state index is 13.0. The fraction of sp³-hybridized carbons (Fsp3) is 0.911. The van der Waals surface area contributed by atoms with E-state index in [0.29, 0.717) is 31.0 Å². The van der Waals surface area contributed by atoms with E-state index in [1.54, 1.807) is 0 Å². The highest BCUT2D eigenvalue weighted by Crippen LogP contribution is 2.32. The molecule has 0 N–H and O–H groups in total. The summed E-state index contributed by atoms with van der Waals surface area (Å²) in [5.74, 6) is 2.18. The van der Waals surface area contributed by atoms with Gasteiger partial charge in [0.1, 0.15) is 16.4 Å². The van der Waals surface area contributed by atoms with Gasteiger partial charge in [-0.1, -0.05) is 251 Å². The number of unbranched alkanes of at least 4 members (excludes halogenated alkanes) is 32. The molecule has 0 radical (unpaired) electrons. The molecule has 0 heterocycles. The normalized spacial score (nSPS) is 13.7. The van der Waals surface area contributed by atoms with E-state index in [0.717, 1.165) is 57.3 Å². The number of allylic oxidation sites excluding steroid dienone is 1. The van der Waals surface area contributed by atoms with Crippen molar-refractivity contribution in [3.05, 3.63) is 5.57 Å². The highest BCUT2D eigenvalue weighted by atomic mass is 32.1. The number of esters is 2. The quantitative estimate of drug-likeness (QED) is 0.0181. The Kier molecular flexibility index (Phi) is 50.6. The van der Waals surface area contributed by atoms with Crippen molar-refractivity contribution in [1.82, 2.24) is 0 Å². The summed E-state index contributed by atoms with van der Waals surface area (Å²) in [7, 11) is 0. The van der Waals surface area contributed by atoms with Crippen LogP contribution in [0.1, 0.15) is 277 Å². The summed E-state index contributed by atoms with van der Waals surface area (Å²) in [4.78, 5) is 48.8. The van der Waals surface area contributed by atoms with Crippen molar-refractivity contribution in [3.8, 4) is 0 Å². The lowest BCUT2D eigenvalue weighted by Gasteiger charge is -2.27. The fourth-order valence-corrected chi connectivity index (χ4v) is 10.4. The zero-order valence-electron chi connectivity index (χ0n) is 43.2. The van der Waals surface area contributed by atoms with Gasteiger partial charge in [-0.2, -0.15) is 50.5 Å². The molecule has 5 unspecified atom stereocenters. The predicted octanol–water partition coefficient (Wildman–Crippen LogP) is 17.4. The largest absolute Gasteiger partial charge is 0.465 e. The molecule has 0 bridgehead atoms. The van der Waals surface area contributed by atoms with Crippen LogP contribution in [0.25, 0.3) is 0 Å². The van der Waals surface area contributed by atoms with Crippen LogP contribution in [0.3, 0.4) is 0 Å². The zero-order chi connectivity index (χ0) is 49.4. The van der Waals surface area contributed by atoms with Crippen LogP contribution in [0.2, 0.25) is 0 Å². The first-order valence-electron chi connectivity index (χ1n) is 28.1. The van der Waals surface area contributed by atoms with Gasteiger partial charge in [0, 0.05) is 28.9 Å². The van der Waals surface area contributed by atoms with Crippen LogP contribution in [0.15, 0.2) is 5.57 Å². The molecule has 0 aliphatic heterocycles. The van der Waals surface area contributed by atoms with Gasteiger partial charge in [0.05, 0.1) is 13.2 Å². The molecule has 0 aromatic heterocycles. The molecule has 0 rings (SSSR count). The molecule has 5 atom stereocenters. The summed E-state index contributed by atoms with van der Waals surface area (Å²) in [6.07, 6.45) is 49.9. The van der Waals surface area contributed by atoms with Gasteiger partial charge in [-0.25, -0.2) is 4.79 Å². The molecule has 6 nitrogen and oxygen atoms in total. The SMILES string of the molecule is CCCCCCCCCCCCCCCCCCOC(=O)C(S)C(S)C(CCCCCCCCCC(CCCCCCCC)CCCCCCCCCOC(=O)C(S)CS)C(=C=O)CC(=O)S. The molecule has 0 aromatic rings. The van der Waals surface area contributed by atoms with Crippen LogP contribution in [-0.2, 0) is 28.7 Å². The molecule has 0 amide bonds. The van der Waals surface area contributed by atoms with Crippen LogP contribution in [-0.4, -0.2) is 57.7 Å². The Morgan fingerprint density at radius 1 is 0.448 bits per heavy atom. The average Bonchev–Trinajstić information content (AvgIpc) is 3.32. The lowest BCUT2D eigenvalue weighted by molar-refractivity contribution is -0.143. The van der Waals surface area contributed by atoms with Crippen molar-refractivity contribution < 1.29 is 28.7 Å². The van der Waals surface area contributed by atoms with Crippen molar-refractivity contribution in [1.29, 1.82) is 0 Å². The van der Waals surface area contributed by atoms with Gasteiger partial charge in [0.25, 0.3) is 0 Å². The van der Waals surface area contributed by atoms with Gasteiger partial charge < -0.3 is 9.47 Å². The third kappa shape index (κ3) is 42.1. The van der Waals surface area contributed by atoms with Crippen LogP contribution >= 0.6 is 63.1 Å². The Morgan fingerprint density at radius 2 is 0.761 bits per heavy atom. The molecular formula is C56H104O6S5. The van der Waals surface area contributed by atoms with Gasteiger partial charge in [-0.15, -0.1) is 12.6 Å². The number of thiol groups is 5. The molecule has 0 aromatic carbocycles. The van der Waals surface area contributed by atoms with Crippen LogP contribution in [0, 0.1) is 11.8 Å². The maximum atomic E-state index is 13.0. The first kappa shape index (κ1) is 66.8. The minimum atomic E-state index is -0.802. The van der Waals surface area contributed by atoms with Crippen molar-refractivity contribution in [3.63, 3.8) is 0 Å². The number of carbonyl (C=O) groups is 3. The smallest absolute Gasteiger partial charge is 0.319 e. The Bertz CT molecular complexity index is 1200. The Labute approximate surface area is 441 Å². The second-order valence-electron chi connectivity index (χ2n) is 19.8. The lowest BCUT2D eigenvalue weighted by atomic mass is 9.87. The minimum Gasteiger partial charge on any atom is -0.465 e. The second-order valence-corrected chi connectivity index (χ2v) is 22.5. The van der Waals surface area contributed by atoms with E-state index in [4.69, 9.17) is 22.1 Å². The summed E-state index contributed by atoms with van der Waals surface area (Å²) >= 11 is 21.7. The topological polar surface area (TPSA) is 86.7 Å². The molecule has 0 aliphatic carbocycles. The molecule has 0 fully saturated rings. The first-order chi connectivity index (χ1) is 32.6. The Hall–Kier alpha value is -0.190. The monoisotopic (exact) mass is 1030 g/mol. The van der Waals surface area contributed by atoms with Gasteiger partial charge in [0.2, 0.25) is 0 Å². The van der Waals surface area contributed by atoms with E-state index in [9.17, 15) is 19.2 Å². The lowest BCUT2D eigenvalue weighted by Crippen LogP contribution is -2.34. The molecule has 0 saturated heterocycles. The van der Waals surface area contributed by atoms with Crippen LogP contribution in [0.4, 0.5) is 0 Å². The number of carbonyl (C=O) groups excluding carboxylic acids is 4. The number of rotatable bonds is 52. The highest BCUT2D eigenvalue weighted by molar-refractivity contribution is 7.96. The number of hydrogen-bond acceptors (Lipinski definition) is 10. The summed E-state index contributed by atoms with van der Waals surface area (Å²) in [6, 6.07) is 0.